The van der Waals surface area contributed by atoms with Crippen LogP contribution in [0.25, 0.3) is 6.08 Å². The highest BCUT2D eigenvalue weighted by atomic mass is 79.9. The van der Waals surface area contributed by atoms with Crippen LogP contribution in [0.1, 0.15) is 15.9 Å². The van der Waals surface area contributed by atoms with Crippen molar-refractivity contribution < 1.29 is 26.5 Å². The maximum Gasteiger partial charge on any atom is 0.339 e. The molecule has 0 bridgehead atoms. The van der Waals surface area contributed by atoms with Crippen LogP contribution in [0, 0.1) is 5.82 Å². The minimum atomic E-state index is -4.15. The lowest BCUT2D eigenvalue weighted by Gasteiger charge is -2.08. The number of ether oxygens (including phenoxy) is 1. The van der Waals surface area contributed by atoms with E-state index in [1.54, 1.807) is 6.08 Å². The largest absolute Gasteiger partial charge is 0.452 e. The molecule has 3 aromatic carbocycles. The lowest BCUT2D eigenvalue weighted by molar-refractivity contribution is 0.101. The minimum absolute atomic E-state index is 0.0235. The topological polar surface area (TPSA) is 69.7 Å². The number of hydrogen-bond acceptors (Lipinski definition) is 5. The van der Waals surface area contributed by atoms with Crippen LogP contribution in [-0.4, -0.2) is 14.2 Å². The third-order valence-electron chi connectivity index (χ3n) is 4.10. The normalized spacial score (nSPS) is 14.6. The number of halogens is 2. The van der Waals surface area contributed by atoms with Crippen molar-refractivity contribution in [3.8, 4) is 11.5 Å². The van der Waals surface area contributed by atoms with Gasteiger partial charge in [0.05, 0.1) is 5.56 Å². The number of allylic oxidation sites excluding steroid dienone is 1. The Morgan fingerprint density at radius 3 is 2.48 bits per heavy atom. The van der Waals surface area contributed by atoms with Gasteiger partial charge in [0.2, 0.25) is 5.78 Å². The first-order chi connectivity index (χ1) is 13.8. The summed E-state index contributed by atoms with van der Waals surface area (Å²) in [6, 6.07) is 15.7. The molecule has 3 aromatic rings. The van der Waals surface area contributed by atoms with Gasteiger partial charge in [-0.2, -0.15) is 8.42 Å². The SMILES string of the molecule is O=C1/C(=C/c2cccc(Br)c2)Oc2cc(OS(=O)(=O)c3ccc(F)cc3)ccc21. The van der Waals surface area contributed by atoms with Gasteiger partial charge in [-0.25, -0.2) is 4.39 Å². The molecule has 0 aromatic heterocycles. The molecule has 8 heteroatoms. The molecule has 0 aliphatic carbocycles. The Morgan fingerprint density at radius 2 is 1.76 bits per heavy atom. The maximum absolute atomic E-state index is 13.0. The first kappa shape index (κ1) is 19.4. The van der Waals surface area contributed by atoms with Crippen molar-refractivity contribution in [2.24, 2.45) is 0 Å². The van der Waals surface area contributed by atoms with E-state index in [4.69, 9.17) is 8.92 Å². The molecule has 0 radical (unpaired) electrons. The van der Waals surface area contributed by atoms with Gasteiger partial charge in [-0.15, -0.1) is 0 Å². The van der Waals surface area contributed by atoms with Crippen LogP contribution in [-0.2, 0) is 10.1 Å². The molecule has 0 amide bonds. The third kappa shape index (κ3) is 4.08. The molecule has 0 unspecified atom stereocenters. The second kappa shape index (κ2) is 7.46. The summed E-state index contributed by atoms with van der Waals surface area (Å²) in [6.07, 6.45) is 1.60. The van der Waals surface area contributed by atoms with Crippen molar-refractivity contribution in [3.05, 3.63) is 93.9 Å². The molecular weight excluding hydrogens is 463 g/mol. The summed E-state index contributed by atoms with van der Waals surface area (Å²) < 4.78 is 49.3. The van der Waals surface area contributed by atoms with E-state index in [2.05, 4.69) is 15.9 Å². The molecule has 1 aliphatic rings. The van der Waals surface area contributed by atoms with Gasteiger partial charge in [0.1, 0.15) is 22.2 Å². The van der Waals surface area contributed by atoms with Crippen LogP contribution in [0.3, 0.4) is 0 Å². The van der Waals surface area contributed by atoms with Gasteiger partial charge in [0, 0.05) is 10.5 Å². The molecular formula is C21H12BrFO5S. The fraction of sp³-hybridized carbons (Fsp3) is 0. The molecule has 1 aliphatic heterocycles. The molecule has 0 atom stereocenters. The summed E-state index contributed by atoms with van der Waals surface area (Å²) in [5, 5.41) is 0. The predicted molar refractivity (Wildman–Crippen MR) is 108 cm³/mol. The number of carbonyl (C=O) groups is 1. The highest BCUT2D eigenvalue weighted by molar-refractivity contribution is 9.10. The number of benzene rings is 3. The lowest BCUT2D eigenvalue weighted by atomic mass is 10.1. The Bertz CT molecular complexity index is 1250. The molecule has 5 nitrogen and oxygen atoms in total. The van der Waals surface area contributed by atoms with E-state index in [9.17, 15) is 17.6 Å². The second-order valence-corrected chi connectivity index (χ2v) is 8.61. The highest BCUT2D eigenvalue weighted by Crippen LogP contribution is 2.35. The van der Waals surface area contributed by atoms with E-state index in [1.165, 1.54) is 18.2 Å². The van der Waals surface area contributed by atoms with E-state index in [1.807, 2.05) is 24.3 Å². The fourth-order valence-corrected chi connectivity index (χ4v) is 4.08. The Morgan fingerprint density at radius 1 is 1.00 bits per heavy atom. The average Bonchev–Trinajstić information content (AvgIpc) is 2.97. The van der Waals surface area contributed by atoms with E-state index in [-0.39, 0.29) is 27.9 Å². The zero-order chi connectivity index (χ0) is 20.6. The van der Waals surface area contributed by atoms with Gasteiger partial charge in [0.15, 0.2) is 5.76 Å². The molecule has 0 spiro atoms. The number of carbonyl (C=O) groups excluding carboxylic acids is 1. The minimum Gasteiger partial charge on any atom is -0.452 e. The van der Waals surface area contributed by atoms with Crippen LogP contribution in [0.2, 0.25) is 0 Å². The summed E-state index contributed by atoms with van der Waals surface area (Å²) in [5.41, 5.74) is 1.07. The van der Waals surface area contributed by atoms with E-state index >= 15 is 0 Å². The molecule has 0 saturated carbocycles. The molecule has 29 heavy (non-hydrogen) atoms. The van der Waals surface area contributed by atoms with Crippen molar-refractivity contribution in [1.82, 2.24) is 0 Å². The fourth-order valence-electron chi connectivity index (χ4n) is 2.74. The van der Waals surface area contributed by atoms with Crippen molar-refractivity contribution in [2.45, 2.75) is 4.90 Å². The molecule has 0 fully saturated rings. The van der Waals surface area contributed by atoms with Gasteiger partial charge in [-0.05, 0) is 60.2 Å². The lowest BCUT2D eigenvalue weighted by Crippen LogP contribution is -2.09. The van der Waals surface area contributed by atoms with Crippen molar-refractivity contribution in [3.63, 3.8) is 0 Å². The summed E-state index contributed by atoms with van der Waals surface area (Å²) in [5.74, 6) is -0.574. The van der Waals surface area contributed by atoms with Crippen molar-refractivity contribution in [1.29, 1.82) is 0 Å². The number of ketones is 1. The Hall–Kier alpha value is -2.97. The van der Waals surface area contributed by atoms with Crippen molar-refractivity contribution >= 4 is 37.9 Å². The van der Waals surface area contributed by atoms with E-state index < -0.39 is 15.9 Å². The van der Waals surface area contributed by atoms with E-state index in [0.29, 0.717) is 5.56 Å². The Labute approximate surface area is 174 Å². The molecule has 4 rings (SSSR count). The first-order valence-electron chi connectivity index (χ1n) is 8.36. The van der Waals surface area contributed by atoms with Crippen LogP contribution in [0.15, 0.2) is 81.9 Å². The number of fused-ring (bicyclic) bond motifs is 1. The van der Waals surface area contributed by atoms with E-state index in [0.717, 1.165) is 34.3 Å². The van der Waals surface area contributed by atoms with Crippen LogP contribution in [0.4, 0.5) is 4.39 Å². The second-order valence-electron chi connectivity index (χ2n) is 6.14. The zero-order valence-corrected chi connectivity index (χ0v) is 17.0. The highest BCUT2D eigenvalue weighted by Gasteiger charge is 2.28. The molecule has 0 N–H and O–H groups in total. The first-order valence-corrected chi connectivity index (χ1v) is 10.6. The molecule has 1 heterocycles. The summed E-state index contributed by atoms with van der Waals surface area (Å²) in [4.78, 5) is 12.3. The maximum atomic E-state index is 13.0. The predicted octanol–water partition coefficient (Wildman–Crippen LogP) is 4.97. The number of rotatable bonds is 4. The van der Waals surface area contributed by atoms with Gasteiger partial charge >= 0.3 is 10.1 Å². The molecule has 146 valence electrons. The van der Waals surface area contributed by atoms with Gasteiger partial charge in [-0.1, -0.05) is 28.1 Å². The van der Waals surface area contributed by atoms with Crippen LogP contribution >= 0.6 is 15.9 Å². The Kier molecular flexibility index (Phi) is 4.97. The number of Topliss-reactive ketones (excluding diaryl/α,β-unsaturated/α-hetero) is 1. The Balaban J connectivity index is 1.60. The number of hydrogen-bond donors (Lipinski definition) is 0. The van der Waals surface area contributed by atoms with Crippen LogP contribution in [0.5, 0.6) is 11.5 Å². The summed E-state index contributed by atoms with van der Waals surface area (Å²) in [7, 11) is -4.15. The van der Waals surface area contributed by atoms with Crippen LogP contribution < -0.4 is 8.92 Å². The third-order valence-corrected chi connectivity index (χ3v) is 5.85. The molecule has 0 saturated heterocycles. The summed E-state index contributed by atoms with van der Waals surface area (Å²) in [6.45, 7) is 0. The summed E-state index contributed by atoms with van der Waals surface area (Å²) >= 11 is 3.37. The van der Waals surface area contributed by atoms with Crippen molar-refractivity contribution in [2.75, 3.05) is 0 Å². The van der Waals surface area contributed by atoms with Gasteiger partial charge in [-0.3, -0.25) is 4.79 Å². The standard InChI is InChI=1S/C21H12BrFO5S/c22-14-3-1-2-13(10-14)11-20-21(24)18-9-6-16(12-19(18)27-20)28-29(25,26)17-7-4-15(23)5-8-17/h1-12H/b20-11-. The van der Waals surface area contributed by atoms with Gasteiger partial charge in [0.25, 0.3) is 0 Å². The quantitative estimate of drug-likeness (QED) is 0.394. The average molecular weight is 475 g/mol. The van der Waals surface area contributed by atoms with Gasteiger partial charge < -0.3 is 8.92 Å². The zero-order valence-electron chi connectivity index (χ0n) is 14.6. The monoisotopic (exact) mass is 474 g/mol. The smallest absolute Gasteiger partial charge is 0.339 e.